The van der Waals surface area contributed by atoms with Crippen LogP contribution in [-0.4, -0.2) is 46.0 Å². The van der Waals surface area contributed by atoms with Crippen LogP contribution in [0.2, 0.25) is 0 Å². The number of ether oxygens (including phenoxy) is 3. The van der Waals surface area contributed by atoms with E-state index in [2.05, 4.69) is 0 Å². The van der Waals surface area contributed by atoms with Gasteiger partial charge in [0.25, 0.3) is 0 Å². The molecule has 3 rings (SSSR count). The normalized spacial score (nSPS) is 14.6. The summed E-state index contributed by atoms with van der Waals surface area (Å²) < 4.78 is 42.7. The number of methoxy groups -OCH3 is 2. The lowest BCUT2D eigenvalue weighted by Crippen LogP contribution is -2.28. The van der Waals surface area contributed by atoms with E-state index in [0.717, 1.165) is 12.8 Å². The zero-order valence-electron chi connectivity index (χ0n) is 15.9. The van der Waals surface area contributed by atoms with Crippen LogP contribution >= 0.6 is 0 Å². The fourth-order valence-corrected chi connectivity index (χ4v) is 4.72. The van der Waals surface area contributed by atoms with Crippen molar-refractivity contribution in [1.82, 2.24) is 4.31 Å². The number of hydrogen-bond acceptors (Lipinski definition) is 6. The molecule has 0 unspecified atom stereocenters. The average molecular weight is 405 g/mol. The van der Waals surface area contributed by atoms with E-state index in [-0.39, 0.29) is 17.1 Å². The van der Waals surface area contributed by atoms with Crippen LogP contribution in [0.15, 0.2) is 47.4 Å². The molecule has 1 fully saturated rings. The first kappa shape index (κ1) is 20.2. The molecular weight excluding hydrogens is 382 g/mol. The molecule has 0 aliphatic carbocycles. The molecule has 1 aliphatic heterocycles. The first-order valence-electron chi connectivity index (χ1n) is 8.94. The van der Waals surface area contributed by atoms with Gasteiger partial charge in [0.2, 0.25) is 10.0 Å². The maximum atomic E-state index is 12.7. The largest absolute Gasteiger partial charge is 0.493 e. The first-order valence-corrected chi connectivity index (χ1v) is 10.4. The van der Waals surface area contributed by atoms with Gasteiger partial charge >= 0.3 is 5.97 Å². The van der Waals surface area contributed by atoms with Gasteiger partial charge in [-0.3, -0.25) is 0 Å². The zero-order chi connectivity index (χ0) is 20.1. The SMILES string of the molecule is COc1cccc(COC(=O)c2cccc(S(=O)(=O)N3CCCC3)c2)c1OC. The molecule has 7 nitrogen and oxygen atoms in total. The summed E-state index contributed by atoms with van der Waals surface area (Å²) >= 11 is 0. The van der Waals surface area contributed by atoms with E-state index in [0.29, 0.717) is 30.2 Å². The highest BCUT2D eigenvalue weighted by atomic mass is 32.2. The number of benzene rings is 2. The van der Waals surface area contributed by atoms with Crippen molar-refractivity contribution in [2.75, 3.05) is 27.3 Å². The predicted molar refractivity (Wildman–Crippen MR) is 103 cm³/mol. The molecule has 0 aromatic heterocycles. The molecule has 1 aliphatic rings. The Labute approximate surface area is 164 Å². The summed E-state index contributed by atoms with van der Waals surface area (Å²) in [5.41, 5.74) is 0.832. The number of carbonyl (C=O) groups excluding carboxylic acids is 1. The minimum absolute atomic E-state index is 0.0255. The van der Waals surface area contributed by atoms with Crippen molar-refractivity contribution < 1.29 is 27.4 Å². The monoisotopic (exact) mass is 405 g/mol. The van der Waals surface area contributed by atoms with Crippen LogP contribution in [0.4, 0.5) is 0 Å². The van der Waals surface area contributed by atoms with E-state index in [9.17, 15) is 13.2 Å². The average Bonchev–Trinajstić information content (AvgIpc) is 3.27. The van der Waals surface area contributed by atoms with Crippen LogP contribution < -0.4 is 9.47 Å². The van der Waals surface area contributed by atoms with Gasteiger partial charge in [-0.2, -0.15) is 4.31 Å². The molecule has 2 aromatic rings. The van der Waals surface area contributed by atoms with Crippen LogP contribution in [0.3, 0.4) is 0 Å². The van der Waals surface area contributed by atoms with Gasteiger partial charge in [0, 0.05) is 18.7 Å². The Hall–Kier alpha value is -2.58. The first-order chi connectivity index (χ1) is 13.5. The van der Waals surface area contributed by atoms with Gasteiger partial charge in [-0.15, -0.1) is 0 Å². The minimum atomic E-state index is -3.59. The molecule has 28 heavy (non-hydrogen) atoms. The Balaban J connectivity index is 1.76. The second kappa shape index (κ2) is 8.62. The third kappa shape index (κ3) is 4.13. The lowest BCUT2D eigenvalue weighted by Gasteiger charge is -2.16. The maximum Gasteiger partial charge on any atom is 0.338 e. The molecule has 0 amide bonds. The van der Waals surface area contributed by atoms with Crippen molar-refractivity contribution in [3.63, 3.8) is 0 Å². The minimum Gasteiger partial charge on any atom is -0.493 e. The molecule has 0 atom stereocenters. The maximum absolute atomic E-state index is 12.7. The fraction of sp³-hybridized carbons (Fsp3) is 0.350. The van der Waals surface area contributed by atoms with Crippen molar-refractivity contribution in [3.05, 3.63) is 53.6 Å². The standard InChI is InChI=1S/C20H23NO6S/c1-25-18-10-6-8-16(19(18)26-2)14-27-20(22)15-7-5-9-17(13-15)28(23,24)21-11-3-4-12-21/h5-10,13H,3-4,11-12,14H2,1-2H3. The highest BCUT2D eigenvalue weighted by Gasteiger charge is 2.27. The summed E-state index contributed by atoms with van der Waals surface area (Å²) in [6.45, 7) is 0.988. The van der Waals surface area contributed by atoms with Crippen LogP contribution in [0, 0.1) is 0 Å². The van der Waals surface area contributed by atoms with Gasteiger partial charge in [-0.05, 0) is 37.1 Å². The van der Waals surface area contributed by atoms with Crippen molar-refractivity contribution in [1.29, 1.82) is 0 Å². The number of nitrogens with zero attached hydrogens (tertiary/aromatic N) is 1. The third-order valence-electron chi connectivity index (χ3n) is 4.62. The summed E-state index contributed by atoms with van der Waals surface area (Å²) in [5, 5.41) is 0. The Morgan fingerprint density at radius 2 is 1.75 bits per heavy atom. The summed E-state index contributed by atoms with van der Waals surface area (Å²) in [7, 11) is -0.555. The number of esters is 1. The smallest absolute Gasteiger partial charge is 0.338 e. The van der Waals surface area contributed by atoms with E-state index in [1.807, 2.05) is 0 Å². The van der Waals surface area contributed by atoms with Crippen molar-refractivity contribution >= 4 is 16.0 Å². The number of rotatable bonds is 7. The molecular formula is C20H23NO6S. The van der Waals surface area contributed by atoms with E-state index >= 15 is 0 Å². The Kier molecular flexibility index (Phi) is 6.21. The summed E-state index contributed by atoms with van der Waals surface area (Å²) in [6, 6.07) is 11.2. The summed E-state index contributed by atoms with van der Waals surface area (Å²) in [4.78, 5) is 12.6. The van der Waals surface area contributed by atoms with Gasteiger partial charge in [0.15, 0.2) is 11.5 Å². The number of carbonyl (C=O) groups is 1. The quantitative estimate of drug-likeness (QED) is 0.659. The lowest BCUT2D eigenvalue weighted by atomic mass is 10.2. The highest BCUT2D eigenvalue weighted by Crippen LogP contribution is 2.31. The number of para-hydroxylation sites is 1. The molecule has 2 aromatic carbocycles. The van der Waals surface area contributed by atoms with Gasteiger partial charge in [0.05, 0.1) is 24.7 Å². The predicted octanol–water partition coefficient (Wildman–Crippen LogP) is 2.85. The molecule has 150 valence electrons. The van der Waals surface area contributed by atoms with Crippen LogP contribution in [0.1, 0.15) is 28.8 Å². The Bertz CT molecular complexity index is 951. The number of sulfonamides is 1. The lowest BCUT2D eigenvalue weighted by molar-refractivity contribution is 0.0469. The van der Waals surface area contributed by atoms with E-state index < -0.39 is 16.0 Å². The molecule has 8 heteroatoms. The number of hydrogen-bond donors (Lipinski definition) is 0. The van der Waals surface area contributed by atoms with Gasteiger partial charge < -0.3 is 14.2 Å². The van der Waals surface area contributed by atoms with Crippen molar-refractivity contribution in [2.45, 2.75) is 24.3 Å². The highest BCUT2D eigenvalue weighted by molar-refractivity contribution is 7.89. The molecule has 0 bridgehead atoms. The summed E-state index contributed by atoms with van der Waals surface area (Å²) in [5.74, 6) is 0.418. The van der Waals surface area contributed by atoms with Crippen LogP contribution in [0.25, 0.3) is 0 Å². The second-order valence-electron chi connectivity index (χ2n) is 6.37. The van der Waals surface area contributed by atoms with Gasteiger partial charge in [-0.1, -0.05) is 18.2 Å². The molecule has 0 spiro atoms. The molecule has 1 saturated heterocycles. The van der Waals surface area contributed by atoms with Crippen LogP contribution in [0.5, 0.6) is 11.5 Å². The van der Waals surface area contributed by atoms with Crippen molar-refractivity contribution in [2.24, 2.45) is 0 Å². The zero-order valence-corrected chi connectivity index (χ0v) is 16.7. The molecule has 0 N–H and O–H groups in total. The fourth-order valence-electron chi connectivity index (χ4n) is 3.16. The van der Waals surface area contributed by atoms with E-state index in [1.54, 1.807) is 24.3 Å². The molecule has 0 saturated carbocycles. The van der Waals surface area contributed by atoms with Crippen molar-refractivity contribution in [3.8, 4) is 11.5 Å². The third-order valence-corrected chi connectivity index (χ3v) is 6.51. The Morgan fingerprint density at radius 1 is 1.04 bits per heavy atom. The van der Waals surface area contributed by atoms with E-state index in [4.69, 9.17) is 14.2 Å². The molecule has 1 heterocycles. The summed E-state index contributed by atoms with van der Waals surface area (Å²) in [6.07, 6.45) is 1.70. The molecule has 0 radical (unpaired) electrons. The van der Waals surface area contributed by atoms with Gasteiger partial charge in [-0.25, -0.2) is 13.2 Å². The topological polar surface area (TPSA) is 82.1 Å². The van der Waals surface area contributed by atoms with Crippen LogP contribution in [-0.2, 0) is 21.4 Å². The van der Waals surface area contributed by atoms with E-state index in [1.165, 1.54) is 36.7 Å². The Morgan fingerprint density at radius 3 is 2.43 bits per heavy atom. The van der Waals surface area contributed by atoms with Gasteiger partial charge in [0.1, 0.15) is 6.61 Å². The second-order valence-corrected chi connectivity index (χ2v) is 8.31.